The number of aliphatic hydroxyl groups excluding tert-OH is 2. The Morgan fingerprint density at radius 1 is 1.62 bits per heavy atom. The van der Waals surface area contributed by atoms with E-state index in [4.69, 9.17) is 11.3 Å². The van der Waals surface area contributed by atoms with E-state index in [0.717, 1.165) is 13.1 Å². The van der Waals surface area contributed by atoms with Crippen molar-refractivity contribution in [3.05, 3.63) is 22.7 Å². The number of anilines is 1. The summed E-state index contributed by atoms with van der Waals surface area (Å²) in [6, 6.07) is 1.17. The smallest absolute Gasteiger partial charge is 0.351 e. The third kappa shape index (κ3) is 3.19. The summed E-state index contributed by atoms with van der Waals surface area (Å²) < 4.78 is 18.6. The number of esters is 1. The van der Waals surface area contributed by atoms with E-state index in [1.807, 2.05) is 0 Å². The molecule has 0 bridgehead atoms. The van der Waals surface area contributed by atoms with Crippen molar-refractivity contribution in [1.29, 1.82) is 0 Å². The van der Waals surface area contributed by atoms with Crippen LogP contribution in [0.5, 0.6) is 0 Å². The minimum absolute atomic E-state index is 0.158. The van der Waals surface area contributed by atoms with Crippen molar-refractivity contribution in [2.45, 2.75) is 31.4 Å². The molecule has 0 saturated carbocycles. The van der Waals surface area contributed by atoms with E-state index in [2.05, 4.69) is 9.72 Å². The van der Waals surface area contributed by atoms with Gasteiger partial charge in [-0.05, 0) is 6.07 Å². The lowest BCUT2D eigenvalue weighted by Crippen LogP contribution is -2.36. The minimum Gasteiger partial charge on any atom is -0.463 e. The van der Waals surface area contributed by atoms with Gasteiger partial charge in [0.05, 0.1) is 1.37 Å². The van der Waals surface area contributed by atoms with Gasteiger partial charge in [-0.15, -0.1) is 0 Å². The van der Waals surface area contributed by atoms with E-state index < -0.39 is 36.2 Å². The minimum atomic E-state index is -2.34. The molecular weight excluding hydrogens is 286 g/mol. The average molecular weight is 302 g/mol. The Balaban J connectivity index is 2.29. The lowest BCUT2D eigenvalue weighted by atomic mass is 10.1. The largest absolute Gasteiger partial charge is 0.463 e. The molecule has 1 aromatic rings. The van der Waals surface area contributed by atoms with Crippen LogP contribution in [0.4, 0.5) is 5.82 Å². The zero-order chi connectivity index (χ0) is 16.5. The van der Waals surface area contributed by atoms with Gasteiger partial charge in [0, 0.05) is 13.1 Å². The molecule has 1 aliphatic rings. The molecule has 21 heavy (non-hydrogen) atoms. The summed E-state index contributed by atoms with van der Waals surface area (Å²) >= 11 is 0. The SMILES string of the molecule is [2H][C@@]1(n2ccc(NO)nc2=O)O[C@H](COC(C)=O)[C@@H](O)[C@H]1O. The number of ether oxygens (including phenoxy) is 2. The molecule has 4 atom stereocenters. The van der Waals surface area contributed by atoms with Crippen molar-refractivity contribution < 1.29 is 31.1 Å². The summed E-state index contributed by atoms with van der Waals surface area (Å²) in [5.41, 5.74) is 0.672. The Morgan fingerprint density at radius 3 is 2.90 bits per heavy atom. The number of aliphatic hydroxyl groups is 2. The highest BCUT2D eigenvalue weighted by Crippen LogP contribution is 2.28. The Kier molecular flexibility index (Phi) is 4.10. The molecule has 0 radical (unpaired) electrons. The van der Waals surface area contributed by atoms with Crippen LogP contribution in [0.3, 0.4) is 0 Å². The first-order valence-corrected chi connectivity index (χ1v) is 5.97. The van der Waals surface area contributed by atoms with Gasteiger partial charge in [0.25, 0.3) is 0 Å². The van der Waals surface area contributed by atoms with Gasteiger partial charge in [0.15, 0.2) is 12.0 Å². The second kappa shape index (κ2) is 6.18. The van der Waals surface area contributed by atoms with Crippen LogP contribution >= 0.6 is 0 Å². The molecule has 116 valence electrons. The normalized spacial score (nSPS) is 32.6. The Labute approximate surface area is 119 Å². The highest BCUT2D eigenvalue weighted by molar-refractivity contribution is 5.65. The zero-order valence-corrected chi connectivity index (χ0v) is 11.0. The number of rotatable bonds is 4. The number of carbonyl (C=O) groups is 1. The molecule has 2 rings (SSSR count). The Bertz CT molecular complexity index is 624. The van der Waals surface area contributed by atoms with Gasteiger partial charge in [-0.2, -0.15) is 4.98 Å². The van der Waals surface area contributed by atoms with Crippen molar-refractivity contribution >= 4 is 11.8 Å². The summed E-state index contributed by atoms with van der Waals surface area (Å²) in [7, 11) is 0. The highest BCUT2D eigenvalue weighted by atomic mass is 16.6. The van der Waals surface area contributed by atoms with Crippen molar-refractivity contribution in [3.8, 4) is 0 Å². The summed E-state index contributed by atoms with van der Waals surface area (Å²) in [5.74, 6) is -0.778. The van der Waals surface area contributed by atoms with Crippen molar-refractivity contribution in [2.24, 2.45) is 0 Å². The van der Waals surface area contributed by atoms with Gasteiger partial charge in [0.2, 0.25) is 0 Å². The molecule has 0 aliphatic carbocycles. The molecule has 0 spiro atoms. The second-order valence-corrected chi connectivity index (χ2v) is 4.31. The van der Waals surface area contributed by atoms with Crippen LogP contribution in [0.25, 0.3) is 0 Å². The van der Waals surface area contributed by atoms with Crippen LogP contribution < -0.4 is 11.2 Å². The van der Waals surface area contributed by atoms with Crippen molar-refractivity contribution in [1.82, 2.24) is 9.55 Å². The molecular formula is C11H15N3O7. The van der Waals surface area contributed by atoms with Crippen LogP contribution in [0, 0.1) is 0 Å². The molecule has 0 amide bonds. The number of aromatic nitrogens is 2. The molecule has 2 heterocycles. The van der Waals surface area contributed by atoms with Crippen LogP contribution in [0.15, 0.2) is 17.1 Å². The van der Waals surface area contributed by atoms with Crippen molar-refractivity contribution in [2.75, 3.05) is 12.1 Å². The summed E-state index contributed by atoms with van der Waals surface area (Å²) in [6.45, 7) is 0.771. The summed E-state index contributed by atoms with van der Waals surface area (Å²) in [6.07, 6.45) is -5.79. The maximum atomic E-state index is 11.8. The fraction of sp³-hybridized carbons (Fsp3) is 0.545. The first kappa shape index (κ1) is 13.9. The van der Waals surface area contributed by atoms with E-state index in [-0.39, 0.29) is 12.4 Å². The van der Waals surface area contributed by atoms with Gasteiger partial charge < -0.3 is 19.7 Å². The maximum Gasteiger partial charge on any atom is 0.351 e. The highest BCUT2D eigenvalue weighted by Gasteiger charge is 2.44. The van der Waals surface area contributed by atoms with E-state index in [1.165, 1.54) is 6.07 Å². The van der Waals surface area contributed by atoms with Crippen LogP contribution in [0.1, 0.15) is 14.5 Å². The molecule has 4 N–H and O–H groups in total. The molecule has 0 unspecified atom stereocenters. The lowest BCUT2D eigenvalue weighted by molar-refractivity contribution is -0.147. The predicted molar refractivity (Wildman–Crippen MR) is 66.5 cm³/mol. The number of nitrogens with one attached hydrogen (secondary N) is 1. The number of carbonyl (C=O) groups excluding carboxylic acids is 1. The standard InChI is InChI=1S/C11H15N3O7/c1-5(15)20-4-6-8(16)9(17)10(21-6)14-3-2-7(13-19)12-11(14)18/h2-3,6,8-10,16-17,19H,4H2,1H3,(H,12,13,18)/t6-,8-,9-,10-/m1/s1/i10D. The Hall–Kier alpha value is -2.01. The number of hydrogen-bond acceptors (Lipinski definition) is 9. The third-order valence-electron chi connectivity index (χ3n) is 2.84. The topological polar surface area (TPSA) is 143 Å². The quantitative estimate of drug-likeness (QED) is 0.375. The predicted octanol–water partition coefficient (Wildman–Crippen LogP) is -1.77. The molecule has 0 aromatic carbocycles. The summed E-state index contributed by atoms with van der Waals surface area (Å²) in [5, 5.41) is 28.5. The van der Waals surface area contributed by atoms with Gasteiger partial charge in [0.1, 0.15) is 24.9 Å². The average Bonchev–Trinajstić information content (AvgIpc) is 2.69. The second-order valence-electron chi connectivity index (χ2n) is 4.31. The molecule has 1 fully saturated rings. The maximum absolute atomic E-state index is 11.8. The van der Waals surface area contributed by atoms with Crippen molar-refractivity contribution in [3.63, 3.8) is 0 Å². The lowest BCUT2D eigenvalue weighted by Gasteiger charge is -2.17. The van der Waals surface area contributed by atoms with E-state index in [1.54, 1.807) is 5.48 Å². The fourth-order valence-corrected chi connectivity index (χ4v) is 1.81. The monoisotopic (exact) mass is 302 g/mol. The molecule has 1 saturated heterocycles. The van der Waals surface area contributed by atoms with Gasteiger partial charge in [-0.1, -0.05) is 0 Å². The molecule has 1 aromatic heterocycles. The van der Waals surface area contributed by atoms with Crippen LogP contribution in [0.2, 0.25) is 0 Å². The van der Waals surface area contributed by atoms with Crippen LogP contribution in [-0.2, 0) is 14.3 Å². The van der Waals surface area contributed by atoms with E-state index >= 15 is 0 Å². The fourth-order valence-electron chi connectivity index (χ4n) is 1.81. The zero-order valence-electron chi connectivity index (χ0n) is 12.0. The Morgan fingerprint density at radius 2 is 2.33 bits per heavy atom. The third-order valence-corrected chi connectivity index (χ3v) is 2.84. The molecule has 10 nitrogen and oxygen atoms in total. The van der Waals surface area contributed by atoms with Gasteiger partial charge >= 0.3 is 11.7 Å². The molecule has 10 heteroatoms. The van der Waals surface area contributed by atoms with Gasteiger partial charge in [-0.25, -0.2) is 4.79 Å². The van der Waals surface area contributed by atoms with Gasteiger partial charge in [-0.3, -0.25) is 20.0 Å². The van der Waals surface area contributed by atoms with Crippen LogP contribution in [-0.4, -0.2) is 55.9 Å². The summed E-state index contributed by atoms with van der Waals surface area (Å²) in [4.78, 5) is 26.0. The number of hydrogen-bond donors (Lipinski definition) is 4. The first-order valence-electron chi connectivity index (χ1n) is 6.47. The van der Waals surface area contributed by atoms with E-state index in [0.29, 0.717) is 4.57 Å². The molecule has 1 aliphatic heterocycles. The first-order chi connectivity index (χ1) is 10.3. The van der Waals surface area contributed by atoms with E-state index in [9.17, 15) is 19.8 Å². The number of nitrogens with zero attached hydrogens (tertiary/aromatic N) is 2.